The summed E-state index contributed by atoms with van der Waals surface area (Å²) in [7, 11) is 0. The topological polar surface area (TPSA) is 12.5 Å². The minimum Gasteiger partial charge on any atom is -0.380 e. The zero-order chi connectivity index (χ0) is 9.94. The fourth-order valence-electron chi connectivity index (χ4n) is 1.21. The second-order valence-corrected chi connectivity index (χ2v) is 3.51. The molecule has 0 spiro atoms. The van der Waals surface area contributed by atoms with Gasteiger partial charge in [0.25, 0.3) is 0 Å². The summed E-state index contributed by atoms with van der Waals surface area (Å²) in [4.78, 5) is 2.43. The molecule has 0 aromatic rings. The van der Waals surface area contributed by atoms with Crippen molar-refractivity contribution in [2.24, 2.45) is 0 Å². The Morgan fingerprint density at radius 2 is 1.92 bits per heavy atom. The average molecular weight is 205 g/mol. The Bertz CT molecular complexity index is 90.9. The van der Waals surface area contributed by atoms with Crippen molar-refractivity contribution in [2.45, 2.75) is 26.7 Å². The Morgan fingerprint density at radius 1 is 1.15 bits per heavy atom. The maximum Gasteiger partial charge on any atom is 0.0593 e. The average Bonchev–Trinajstić information content (AvgIpc) is 2.16. The fraction of sp³-hybridized carbons (Fsp3) is 1.00. The summed E-state index contributed by atoms with van der Waals surface area (Å²) in [5.41, 5.74) is 0. The van der Waals surface area contributed by atoms with E-state index in [4.69, 9.17) is 4.74 Å². The molecule has 80 valence electrons. The summed E-state index contributed by atoms with van der Waals surface area (Å²) >= 11 is 4.19. The van der Waals surface area contributed by atoms with E-state index in [2.05, 4.69) is 24.5 Å². The number of thiol groups is 1. The van der Waals surface area contributed by atoms with Crippen LogP contribution in [0.5, 0.6) is 0 Å². The van der Waals surface area contributed by atoms with Crippen molar-refractivity contribution in [3.63, 3.8) is 0 Å². The van der Waals surface area contributed by atoms with Crippen molar-refractivity contribution < 1.29 is 4.74 Å². The van der Waals surface area contributed by atoms with Crippen LogP contribution >= 0.6 is 12.6 Å². The van der Waals surface area contributed by atoms with Gasteiger partial charge in [0.1, 0.15) is 0 Å². The van der Waals surface area contributed by atoms with Gasteiger partial charge in [-0.15, -0.1) is 0 Å². The van der Waals surface area contributed by atoms with Crippen molar-refractivity contribution in [2.75, 3.05) is 38.6 Å². The van der Waals surface area contributed by atoms with Gasteiger partial charge in [-0.1, -0.05) is 6.92 Å². The van der Waals surface area contributed by atoms with Crippen molar-refractivity contribution in [3.05, 3.63) is 0 Å². The standard InChI is InChI=1S/C10H23NOS/c1-3-11(7-5-6-10-13)8-9-12-4-2/h13H,3-10H2,1-2H3. The summed E-state index contributed by atoms with van der Waals surface area (Å²) in [5.74, 6) is 1.00. The van der Waals surface area contributed by atoms with Crippen molar-refractivity contribution >= 4 is 12.6 Å². The molecule has 0 rings (SSSR count). The Hall–Kier alpha value is 0.270. The lowest BCUT2D eigenvalue weighted by molar-refractivity contribution is 0.115. The van der Waals surface area contributed by atoms with Gasteiger partial charge in [0.15, 0.2) is 0 Å². The van der Waals surface area contributed by atoms with E-state index in [0.29, 0.717) is 0 Å². The van der Waals surface area contributed by atoms with Gasteiger partial charge in [0.05, 0.1) is 6.61 Å². The second-order valence-electron chi connectivity index (χ2n) is 3.06. The first-order valence-corrected chi connectivity index (χ1v) is 5.89. The van der Waals surface area contributed by atoms with E-state index in [1.165, 1.54) is 19.4 Å². The van der Waals surface area contributed by atoms with E-state index in [9.17, 15) is 0 Å². The van der Waals surface area contributed by atoms with Gasteiger partial charge in [-0.3, -0.25) is 0 Å². The van der Waals surface area contributed by atoms with Crippen LogP contribution in [-0.2, 0) is 4.74 Å². The molecule has 0 aliphatic heterocycles. The maximum atomic E-state index is 5.32. The normalized spacial score (nSPS) is 11.1. The molecule has 13 heavy (non-hydrogen) atoms. The highest BCUT2D eigenvalue weighted by Gasteiger charge is 2.00. The van der Waals surface area contributed by atoms with Gasteiger partial charge in [-0.2, -0.15) is 12.6 Å². The summed E-state index contributed by atoms with van der Waals surface area (Å²) in [6.07, 6.45) is 2.47. The van der Waals surface area contributed by atoms with Gasteiger partial charge in [0, 0.05) is 13.2 Å². The Kier molecular flexibility index (Phi) is 10.6. The van der Waals surface area contributed by atoms with Gasteiger partial charge < -0.3 is 9.64 Å². The molecule has 0 N–H and O–H groups in total. The van der Waals surface area contributed by atoms with E-state index in [-0.39, 0.29) is 0 Å². The second kappa shape index (κ2) is 10.4. The lowest BCUT2D eigenvalue weighted by Crippen LogP contribution is -2.28. The zero-order valence-electron chi connectivity index (χ0n) is 8.96. The van der Waals surface area contributed by atoms with Crippen molar-refractivity contribution in [1.29, 1.82) is 0 Å². The third kappa shape index (κ3) is 8.60. The number of unbranched alkanes of at least 4 members (excludes halogenated alkanes) is 1. The number of hydrogen-bond donors (Lipinski definition) is 1. The highest BCUT2D eigenvalue weighted by atomic mass is 32.1. The molecule has 0 aromatic heterocycles. The quantitative estimate of drug-likeness (QED) is 0.457. The smallest absolute Gasteiger partial charge is 0.0593 e. The number of nitrogens with zero attached hydrogens (tertiary/aromatic N) is 1. The van der Waals surface area contributed by atoms with E-state index < -0.39 is 0 Å². The molecule has 0 heterocycles. The highest BCUT2D eigenvalue weighted by Crippen LogP contribution is 1.96. The molecule has 0 aromatic carbocycles. The van der Waals surface area contributed by atoms with Crippen LogP contribution in [0.4, 0.5) is 0 Å². The van der Waals surface area contributed by atoms with Crippen LogP contribution in [0.1, 0.15) is 26.7 Å². The summed E-state index contributed by atoms with van der Waals surface area (Å²) in [6.45, 7) is 9.31. The molecule has 0 radical (unpaired) electrons. The first kappa shape index (κ1) is 13.3. The molecule has 0 aliphatic rings. The molecule has 0 fully saturated rings. The van der Waals surface area contributed by atoms with Crippen molar-refractivity contribution in [1.82, 2.24) is 4.90 Å². The van der Waals surface area contributed by atoms with Crippen LogP contribution in [0.2, 0.25) is 0 Å². The first-order chi connectivity index (χ1) is 6.35. The molecular formula is C10H23NOS. The molecule has 0 amide bonds. The van der Waals surface area contributed by atoms with Crippen molar-refractivity contribution in [3.8, 4) is 0 Å². The van der Waals surface area contributed by atoms with Gasteiger partial charge in [-0.25, -0.2) is 0 Å². The summed E-state index contributed by atoms with van der Waals surface area (Å²) in [6, 6.07) is 0. The number of ether oxygens (including phenoxy) is 1. The number of rotatable bonds is 9. The SMILES string of the molecule is CCOCCN(CC)CCCCS. The van der Waals surface area contributed by atoms with Crippen LogP contribution in [0, 0.1) is 0 Å². The molecule has 0 aliphatic carbocycles. The van der Waals surface area contributed by atoms with Crippen LogP contribution in [0.3, 0.4) is 0 Å². The monoisotopic (exact) mass is 205 g/mol. The van der Waals surface area contributed by atoms with Crippen LogP contribution in [-0.4, -0.2) is 43.5 Å². The molecule has 0 saturated heterocycles. The molecule has 0 unspecified atom stereocenters. The minimum absolute atomic E-state index is 0.828. The van der Waals surface area contributed by atoms with E-state index >= 15 is 0 Å². The Balaban J connectivity index is 3.28. The highest BCUT2D eigenvalue weighted by molar-refractivity contribution is 7.80. The molecule has 2 nitrogen and oxygen atoms in total. The molecule has 0 atom stereocenters. The zero-order valence-corrected chi connectivity index (χ0v) is 9.85. The fourth-order valence-corrected chi connectivity index (χ4v) is 1.44. The van der Waals surface area contributed by atoms with E-state index in [0.717, 1.165) is 32.1 Å². The predicted molar refractivity (Wildman–Crippen MR) is 61.7 cm³/mol. The molecular weight excluding hydrogens is 182 g/mol. The third-order valence-electron chi connectivity index (χ3n) is 2.09. The van der Waals surface area contributed by atoms with Gasteiger partial charge in [0.2, 0.25) is 0 Å². The molecule has 0 saturated carbocycles. The Labute approximate surface area is 88.1 Å². The van der Waals surface area contributed by atoms with Gasteiger partial charge >= 0.3 is 0 Å². The number of likely N-dealkylation sites (N-methyl/N-ethyl adjacent to an activating group) is 1. The minimum atomic E-state index is 0.828. The third-order valence-corrected chi connectivity index (χ3v) is 2.40. The Morgan fingerprint density at radius 3 is 2.46 bits per heavy atom. The number of hydrogen-bond acceptors (Lipinski definition) is 3. The summed E-state index contributed by atoms with van der Waals surface area (Å²) in [5, 5.41) is 0. The largest absolute Gasteiger partial charge is 0.380 e. The molecule has 3 heteroatoms. The van der Waals surface area contributed by atoms with E-state index in [1.807, 2.05) is 6.92 Å². The summed E-state index contributed by atoms with van der Waals surface area (Å²) < 4.78 is 5.32. The van der Waals surface area contributed by atoms with Crippen LogP contribution in [0.25, 0.3) is 0 Å². The first-order valence-electron chi connectivity index (χ1n) is 5.26. The van der Waals surface area contributed by atoms with Gasteiger partial charge in [-0.05, 0) is 38.6 Å². The lowest BCUT2D eigenvalue weighted by Gasteiger charge is -2.19. The van der Waals surface area contributed by atoms with Crippen LogP contribution in [0.15, 0.2) is 0 Å². The molecule has 0 bridgehead atoms. The lowest BCUT2D eigenvalue weighted by atomic mass is 10.3. The predicted octanol–water partition coefficient (Wildman–Crippen LogP) is 2.05. The van der Waals surface area contributed by atoms with Crippen LogP contribution < -0.4 is 0 Å². The maximum absolute atomic E-state index is 5.32. The van der Waals surface area contributed by atoms with E-state index in [1.54, 1.807) is 0 Å².